The summed E-state index contributed by atoms with van der Waals surface area (Å²) in [6.07, 6.45) is 6.93. The third-order valence-corrected chi connectivity index (χ3v) is 8.69. The zero-order valence-corrected chi connectivity index (χ0v) is 25.0. The fourth-order valence-corrected chi connectivity index (χ4v) is 6.10. The van der Waals surface area contributed by atoms with Crippen LogP contribution >= 0.6 is 0 Å². The monoisotopic (exact) mass is 608 g/mol. The Morgan fingerprint density at radius 1 is 0.884 bits per heavy atom. The summed E-state index contributed by atoms with van der Waals surface area (Å²) in [5.41, 5.74) is 3.24. The third kappa shape index (κ3) is 8.71. The molecule has 228 valence electrons. The van der Waals surface area contributed by atoms with Crippen molar-refractivity contribution in [3.63, 3.8) is 0 Å². The van der Waals surface area contributed by atoms with Crippen molar-refractivity contribution in [3.8, 4) is 17.2 Å². The third-order valence-electron chi connectivity index (χ3n) is 6.91. The Bertz CT molecular complexity index is 1500. The Labute approximate surface area is 251 Å². The number of nitrogens with zero attached hydrogens (tertiary/aromatic N) is 2. The van der Waals surface area contributed by atoms with Crippen LogP contribution in [0.3, 0.4) is 0 Å². The van der Waals surface area contributed by atoms with Crippen LogP contribution in [-0.4, -0.2) is 59.9 Å². The molecular weight excluding hydrogens is 572 g/mol. The van der Waals surface area contributed by atoms with E-state index in [0.717, 1.165) is 30.0 Å². The highest BCUT2D eigenvalue weighted by molar-refractivity contribution is 7.92. The molecule has 12 heteroatoms. The number of para-hydroxylation sites is 2. The number of hydrazone groups is 1. The number of hydrogen-bond donors (Lipinski definition) is 2. The fraction of sp³-hybridized carbons (Fsp3) is 0.323. The second-order valence-electron chi connectivity index (χ2n) is 9.91. The maximum Gasteiger partial charge on any atom is 0.264 e. The van der Waals surface area contributed by atoms with Gasteiger partial charge in [0.1, 0.15) is 23.8 Å². The quantitative estimate of drug-likeness (QED) is 0.222. The van der Waals surface area contributed by atoms with Crippen molar-refractivity contribution in [2.75, 3.05) is 31.7 Å². The van der Waals surface area contributed by atoms with Gasteiger partial charge < -0.3 is 19.5 Å². The van der Waals surface area contributed by atoms with Gasteiger partial charge in [0.15, 0.2) is 6.61 Å². The Balaban J connectivity index is 1.37. The predicted molar refractivity (Wildman–Crippen MR) is 163 cm³/mol. The summed E-state index contributed by atoms with van der Waals surface area (Å²) >= 11 is 0. The maximum absolute atomic E-state index is 13.6. The number of ether oxygens (including phenoxy) is 3. The number of rotatable bonds is 13. The molecule has 3 aromatic rings. The molecule has 0 bridgehead atoms. The zero-order valence-electron chi connectivity index (χ0n) is 24.2. The number of nitrogens with one attached hydrogen (secondary N) is 2. The average molecular weight is 609 g/mol. The molecular formula is C31H36N4O7S. The normalized spacial score (nSPS) is 13.7. The van der Waals surface area contributed by atoms with Crippen molar-refractivity contribution in [1.29, 1.82) is 0 Å². The topological polar surface area (TPSA) is 136 Å². The van der Waals surface area contributed by atoms with Gasteiger partial charge in [-0.2, -0.15) is 5.10 Å². The van der Waals surface area contributed by atoms with E-state index in [1.165, 1.54) is 51.1 Å². The van der Waals surface area contributed by atoms with Crippen LogP contribution in [-0.2, 0) is 19.6 Å². The van der Waals surface area contributed by atoms with Crippen LogP contribution in [0.15, 0.2) is 82.8 Å². The number of anilines is 1. The van der Waals surface area contributed by atoms with Gasteiger partial charge in [-0.15, -0.1) is 0 Å². The van der Waals surface area contributed by atoms with Gasteiger partial charge in [0, 0.05) is 6.04 Å². The van der Waals surface area contributed by atoms with Crippen LogP contribution in [0.5, 0.6) is 17.2 Å². The van der Waals surface area contributed by atoms with Crippen molar-refractivity contribution in [1.82, 2.24) is 10.7 Å². The zero-order chi connectivity index (χ0) is 30.7. The van der Waals surface area contributed by atoms with Gasteiger partial charge in [-0.1, -0.05) is 31.4 Å². The van der Waals surface area contributed by atoms with Crippen molar-refractivity contribution >= 4 is 33.7 Å². The molecule has 2 amide bonds. The second-order valence-corrected chi connectivity index (χ2v) is 11.8. The highest BCUT2D eigenvalue weighted by Crippen LogP contribution is 2.32. The molecule has 1 aliphatic carbocycles. The molecule has 2 N–H and O–H groups in total. The molecule has 11 nitrogen and oxygen atoms in total. The lowest BCUT2D eigenvalue weighted by molar-refractivity contribution is -0.124. The molecule has 0 saturated heterocycles. The Hall–Kier alpha value is -4.58. The van der Waals surface area contributed by atoms with Crippen LogP contribution in [0.4, 0.5) is 5.69 Å². The molecule has 1 aliphatic rings. The van der Waals surface area contributed by atoms with Gasteiger partial charge in [-0.25, -0.2) is 13.8 Å². The molecule has 0 unspecified atom stereocenters. The predicted octanol–water partition coefficient (Wildman–Crippen LogP) is 3.88. The summed E-state index contributed by atoms with van der Waals surface area (Å²) in [6, 6.07) is 19.4. The Morgan fingerprint density at radius 3 is 2.23 bits per heavy atom. The van der Waals surface area contributed by atoms with Gasteiger partial charge in [-0.3, -0.25) is 13.9 Å². The molecule has 0 aromatic heterocycles. The van der Waals surface area contributed by atoms with Gasteiger partial charge in [0.05, 0.1) is 31.0 Å². The van der Waals surface area contributed by atoms with E-state index in [-0.39, 0.29) is 34.9 Å². The largest absolute Gasteiger partial charge is 0.497 e. The van der Waals surface area contributed by atoms with Crippen molar-refractivity contribution in [3.05, 3.63) is 78.4 Å². The highest BCUT2D eigenvalue weighted by atomic mass is 32.2. The lowest BCUT2D eigenvalue weighted by Gasteiger charge is -2.25. The molecule has 43 heavy (non-hydrogen) atoms. The van der Waals surface area contributed by atoms with E-state index < -0.39 is 22.5 Å². The highest BCUT2D eigenvalue weighted by Gasteiger charge is 2.29. The van der Waals surface area contributed by atoms with Gasteiger partial charge in [0.25, 0.3) is 21.8 Å². The number of hydrogen-bond acceptors (Lipinski definition) is 8. The van der Waals surface area contributed by atoms with Crippen molar-refractivity contribution < 1.29 is 32.2 Å². The molecule has 0 radical (unpaired) electrons. The molecule has 0 spiro atoms. The Morgan fingerprint density at radius 2 is 1.56 bits per heavy atom. The summed E-state index contributed by atoms with van der Waals surface area (Å²) in [7, 11) is -1.26. The van der Waals surface area contributed by atoms with Crippen LogP contribution in [0, 0.1) is 0 Å². The fourth-order valence-electron chi connectivity index (χ4n) is 4.67. The summed E-state index contributed by atoms with van der Waals surface area (Å²) < 4.78 is 44.3. The van der Waals surface area contributed by atoms with E-state index in [4.69, 9.17) is 14.2 Å². The number of benzene rings is 3. The number of sulfonamides is 1. The molecule has 1 saturated carbocycles. The van der Waals surface area contributed by atoms with E-state index in [1.54, 1.807) is 48.5 Å². The van der Waals surface area contributed by atoms with Crippen LogP contribution < -0.4 is 29.3 Å². The maximum atomic E-state index is 13.6. The molecule has 3 aromatic carbocycles. The van der Waals surface area contributed by atoms with Crippen molar-refractivity contribution in [2.45, 2.75) is 43.0 Å². The molecule has 0 heterocycles. The molecule has 4 rings (SSSR count). The summed E-state index contributed by atoms with van der Waals surface area (Å²) in [5, 5.41) is 6.99. The summed E-state index contributed by atoms with van der Waals surface area (Å²) in [5.74, 6) is 0.495. The van der Waals surface area contributed by atoms with E-state index in [0.29, 0.717) is 17.1 Å². The van der Waals surface area contributed by atoms with Gasteiger partial charge in [0.2, 0.25) is 0 Å². The van der Waals surface area contributed by atoms with Crippen molar-refractivity contribution in [2.24, 2.45) is 5.10 Å². The standard InChI is InChI=1S/C31H36N4O7S/c1-40-25-16-18-27(19-17-25)43(38,39)35(28-10-6-7-11-29(28)41-2)21-30(36)34-32-20-23-12-14-26(15-13-23)42-22-31(37)33-24-8-4-3-5-9-24/h6-7,10-20,24H,3-5,8-9,21-22H2,1-2H3,(H,33,37)(H,34,36)/b32-20-. The lowest BCUT2D eigenvalue weighted by atomic mass is 9.95. The van der Waals surface area contributed by atoms with Gasteiger partial charge >= 0.3 is 0 Å². The summed E-state index contributed by atoms with van der Waals surface area (Å²) in [4.78, 5) is 25.0. The average Bonchev–Trinajstić information content (AvgIpc) is 3.03. The summed E-state index contributed by atoms with van der Waals surface area (Å²) in [6.45, 7) is -0.621. The first-order chi connectivity index (χ1) is 20.8. The van der Waals surface area contributed by atoms with Crippen LogP contribution in [0.2, 0.25) is 0 Å². The van der Waals surface area contributed by atoms with E-state index in [2.05, 4.69) is 15.8 Å². The number of carbonyl (C=O) groups is 2. The van der Waals surface area contributed by atoms with E-state index in [9.17, 15) is 18.0 Å². The molecule has 0 atom stereocenters. The van der Waals surface area contributed by atoms with E-state index in [1.807, 2.05) is 0 Å². The molecule has 1 fully saturated rings. The first kappa shape index (κ1) is 31.4. The number of methoxy groups -OCH3 is 2. The first-order valence-corrected chi connectivity index (χ1v) is 15.4. The Kier molecular flexibility index (Phi) is 11.0. The van der Waals surface area contributed by atoms with Crippen LogP contribution in [0.25, 0.3) is 0 Å². The number of amides is 2. The first-order valence-electron chi connectivity index (χ1n) is 13.9. The smallest absolute Gasteiger partial charge is 0.264 e. The lowest BCUT2D eigenvalue weighted by Crippen LogP contribution is -2.39. The second kappa shape index (κ2) is 15.1. The van der Waals surface area contributed by atoms with Crippen LogP contribution in [0.1, 0.15) is 37.7 Å². The minimum absolute atomic E-state index is 0.0238. The van der Waals surface area contributed by atoms with E-state index >= 15 is 0 Å². The SMILES string of the molecule is COc1ccc(S(=O)(=O)N(CC(=O)N/N=C\c2ccc(OCC(=O)NC3CCCCC3)cc2)c2ccccc2OC)cc1. The number of carbonyl (C=O) groups excluding carboxylic acids is 2. The van der Waals surface area contributed by atoms with Gasteiger partial charge in [-0.05, 0) is 79.1 Å². The minimum Gasteiger partial charge on any atom is -0.497 e. The minimum atomic E-state index is -4.17. The molecule has 0 aliphatic heterocycles.